The van der Waals surface area contributed by atoms with Gasteiger partial charge in [-0.25, -0.2) is 9.97 Å². The molecule has 0 aromatic carbocycles. The van der Waals surface area contributed by atoms with E-state index in [2.05, 4.69) is 21.8 Å². The van der Waals surface area contributed by atoms with Crippen LogP contribution in [0.3, 0.4) is 0 Å². The number of carbonyl (C=O) groups excluding carboxylic acids is 1. The number of aryl methyl sites for hydroxylation is 1. The molecule has 1 aromatic rings. The number of nitrogens with zero attached hydrogens (tertiary/aromatic N) is 3. The predicted molar refractivity (Wildman–Crippen MR) is 70.0 cm³/mol. The van der Waals surface area contributed by atoms with Gasteiger partial charge < -0.3 is 4.90 Å². The third kappa shape index (κ3) is 1.89. The third-order valence-electron chi connectivity index (χ3n) is 3.90. The zero-order chi connectivity index (χ0) is 12.7. The fourth-order valence-electron chi connectivity index (χ4n) is 3.01. The van der Waals surface area contributed by atoms with Crippen LogP contribution < -0.4 is 4.90 Å². The molecule has 3 rings (SSSR count). The lowest BCUT2D eigenvalue weighted by Crippen LogP contribution is -2.26. The molecule has 1 aliphatic carbocycles. The van der Waals surface area contributed by atoms with Crippen LogP contribution in [0.1, 0.15) is 47.9 Å². The molecule has 1 unspecified atom stereocenters. The molecule has 1 saturated heterocycles. The van der Waals surface area contributed by atoms with Crippen molar-refractivity contribution in [3.8, 4) is 0 Å². The van der Waals surface area contributed by atoms with Gasteiger partial charge in [-0.15, -0.1) is 0 Å². The van der Waals surface area contributed by atoms with Crippen molar-refractivity contribution in [3.05, 3.63) is 17.0 Å². The van der Waals surface area contributed by atoms with Crippen LogP contribution in [0.2, 0.25) is 0 Å². The summed E-state index contributed by atoms with van der Waals surface area (Å²) in [5.41, 5.74) is 2.61. The standard InChI is InChI=1S/C14H19N3O/c1-9-7-11-13(12(18)8-9)10(2)15-14(16-11)17-5-3-4-6-17/h9H,3-8H2,1-2H3. The highest BCUT2D eigenvalue weighted by Gasteiger charge is 2.27. The second-order valence-electron chi connectivity index (χ2n) is 5.56. The van der Waals surface area contributed by atoms with E-state index in [1.165, 1.54) is 12.8 Å². The van der Waals surface area contributed by atoms with E-state index >= 15 is 0 Å². The molecule has 2 heterocycles. The lowest BCUT2D eigenvalue weighted by atomic mass is 9.86. The first-order valence-electron chi connectivity index (χ1n) is 6.81. The first-order valence-corrected chi connectivity index (χ1v) is 6.81. The minimum Gasteiger partial charge on any atom is -0.341 e. The number of carbonyl (C=O) groups is 1. The summed E-state index contributed by atoms with van der Waals surface area (Å²) in [5.74, 6) is 1.45. The Morgan fingerprint density at radius 3 is 2.61 bits per heavy atom. The summed E-state index contributed by atoms with van der Waals surface area (Å²) >= 11 is 0. The molecule has 2 aliphatic rings. The molecule has 4 heteroatoms. The van der Waals surface area contributed by atoms with Crippen LogP contribution in [-0.4, -0.2) is 28.8 Å². The van der Waals surface area contributed by atoms with Crippen molar-refractivity contribution in [2.75, 3.05) is 18.0 Å². The Morgan fingerprint density at radius 1 is 1.17 bits per heavy atom. The van der Waals surface area contributed by atoms with E-state index in [9.17, 15) is 4.79 Å². The van der Waals surface area contributed by atoms with Crippen LogP contribution in [0.4, 0.5) is 5.95 Å². The number of aromatic nitrogens is 2. The fraction of sp³-hybridized carbons (Fsp3) is 0.643. The van der Waals surface area contributed by atoms with Gasteiger partial charge in [-0.2, -0.15) is 0 Å². The average Bonchev–Trinajstić information content (AvgIpc) is 2.80. The van der Waals surface area contributed by atoms with E-state index in [0.29, 0.717) is 12.3 Å². The molecule has 1 aliphatic heterocycles. The maximum atomic E-state index is 12.1. The van der Waals surface area contributed by atoms with Crippen molar-refractivity contribution in [1.82, 2.24) is 9.97 Å². The maximum absolute atomic E-state index is 12.1. The maximum Gasteiger partial charge on any atom is 0.225 e. The topological polar surface area (TPSA) is 46.1 Å². The number of rotatable bonds is 1. The molecule has 0 spiro atoms. The highest BCUT2D eigenvalue weighted by molar-refractivity contribution is 5.99. The SMILES string of the molecule is Cc1nc(N2CCCC2)nc2c1C(=O)CC(C)C2. The van der Waals surface area contributed by atoms with Gasteiger partial charge in [-0.05, 0) is 32.1 Å². The molecule has 1 atom stereocenters. The Morgan fingerprint density at radius 2 is 1.89 bits per heavy atom. The molecule has 0 radical (unpaired) electrons. The van der Waals surface area contributed by atoms with Crippen LogP contribution in [0.5, 0.6) is 0 Å². The largest absolute Gasteiger partial charge is 0.341 e. The summed E-state index contributed by atoms with van der Waals surface area (Å²) in [6, 6.07) is 0. The Labute approximate surface area is 107 Å². The molecule has 0 bridgehead atoms. The summed E-state index contributed by atoms with van der Waals surface area (Å²) < 4.78 is 0. The fourth-order valence-corrected chi connectivity index (χ4v) is 3.01. The summed E-state index contributed by atoms with van der Waals surface area (Å²) in [4.78, 5) is 23.5. The highest BCUT2D eigenvalue weighted by Crippen LogP contribution is 2.28. The monoisotopic (exact) mass is 245 g/mol. The number of Topliss-reactive ketones (excluding diaryl/α,β-unsaturated/α-hetero) is 1. The summed E-state index contributed by atoms with van der Waals surface area (Å²) in [5, 5.41) is 0. The highest BCUT2D eigenvalue weighted by atomic mass is 16.1. The molecular weight excluding hydrogens is 226 g/mol. The van der Waals surface area contributed by atoms with Gasteiger partial charge >= 0.3 is 0 Å². The Kier molecular flexibility index (Phi) is 2.80. The summed E-state index contributed by atoms with van der Waals surface area (Å²) in [7, 11) is 0. The van der Waals surface area contributed by atoms with E-state index in [1.807, 2.05) is 6.92 Å². The van der Waals surface area contributed by atoms with E-state index in [4.69, 9.17) is 0 Å². The van der Waals surface area contributed by atoms with Crippen LogP contribution in [0.25, 0.3) is 0 Å². The number of hydrogen-bond acceptors (Lipinski definition) is 4. The van der Waals surface area contributed by atoms with Gasteiger partial charge in [0.25, 0.3) is 0 Å². The average molecular weight is 245 g/mol. The summed E-state index contributed by atoms with van der Waals surface area (Å²) in [6.07, 6.45) is 3.98. The van der Waals surface area contributed by atoms with Crippen LogP contribution in [0, 0.1) is 12.8 Å². The van der Waals surface area contributed by atoms with E-state index < -0.39 is 0 Å². The van der Waals surface area contributed by atoms with Crippen molar-refractivity contribution in [1.29, 1.82) is 0 Å². The normalized spacial score (nSPS) is 23.3. The number of anilines is 1. The lowest BCUT2D eigenvalue weighted by Gasteiger charge is -2.23. The van der Waals surface area contributed by atoms with E-state index in [0.717, 1.165) is 42.4 Å². The second-order valence-corrected chi connectivity index (χ2v) is 5.56. The molecule has 1 aromatic heterocycles. The molecule has 96 valence electrons. The Bertz CT molecular complexity index is 492. The van der Waals surface area contributed by atoms with Crippen molar-refractivity contribution in [3.63, 3.8) is 0 Å². The van der Waals surface area contributed by atoms with Gasteiger partial charge in [-0.1, -0.05) is 6.92 Å². The quantitative estimate of drug-likeness (QED) is 0.760. The molecular formula is C14H19N3O. The van der Waals surface area contributed by atoms with Gasteiger partial charge in [0, 0.05) is 19.5 Å². The number of hydrogen-bond donors (Lipinski definition) is 0. The number of fused-ring (bicyclic) bond motifs is 1. The third-order valence-corrected chi connectivity index (χ3v) is 3.90. The molecule has 0 N–H and O–H groups in total. The Hall–Kier alpha value is -1.45. The van der Waals surface area contributed by atoms with E-state index in [-0.39, 0.29) is 5.78 Å². The van der Waals surface area contributed by atoms with Crippen molar-refractivity contribution in [2.24, 2.45) is 5.92 Å². The van der Waals surface area contributed by atoms with Crippen LogP contribution in [0.15, 0.2) is 0 Å². The molecule has 0 saturated carbocycles. The molecule has 1 fully saturated rings. The lowest BCUT2D eigenvalue weighted by molar-refractivity contribution is 0.0951. The predicted octanol–water partition coefficient (Wildman–Crippen LogP) is 2.15. The zero-order valence-corrected chi connectivity index (χ0v) is 11.1. The molecule has 0 amide bonds. The van der Waals surface area contributed by atoms with Crippen LogP contribution in [-0.2, 0) is 6.42 Å². The molecule has 18 heavy (non-hydrogen) atoms. The van der Waals surface area contributed by atoms with Crippen molar-refractivity contribution >= 4 is 11.7 Å². The first-order chi connectivity index (χ1) is 8.65. The van der Waals surface area contributed by atoms with Gasteiger partial charge in [0.2, 0.25) is 5.95 Å². The van der Waals surface area contributed by atoms with Crippen LogP contribution >= 0.6 is 0 Å². The Balaban J connectivity index is 2.03. The summed E-state index contributed by atoms with van der Waals surface area (Å²) in [6.45, 7) is 6.14. The van der Waals surface area contributed by atoms with Gasteiger partial charge in [-0.3, -0.25) is 4.79 Å². The minimum atomic E-state index is 0.217. The van der Waals surface area contributed by atoms with Gasteiger partial charge in [0.15, 0.2) is 5.78 Å². The van der Waals surface area contributed by atoms with Gasteiger partial charge in [0.05, 0.1) is 17.0 Å². The second kappa shape index (κ2) is 4.34. The van der Waals surface area contributed by atoms with E-state index in [1.54, 1.807) is 0 Å². The smallest absolute Gasteiger partial charge is 0.225 e. The minimum absolute atomic E-state index is 0.217. The number of ketones is 1. The van der Waals surface area contributed by atoms with Gasteiger partial charge in [0.1, 0.15) is 0 Å². The first kappa shape index (κ1) is 11.6. The molecule has 4 nitrogen and oxygen atoms in total. The van der Waals surface area contributed by atoms with Crippen molar-refractivity contribution in [2.45, 2.75) is 39.5 Å². The zero-order valence-electron chi connectivity index (χ0n) is 11.1. The van der Waals surface area contributed by atoms with Crippen molar-refractivity contribution < 1.29 is 4.79 Å².